The van der Waals surface area contributed by atoms with Crippen molar-refractivity contribution in [2.24, 2.45) is 11.1 Å². The van der Waals surface area contributed by atoms with Crippen molar-refractivity contribution in [1.82, 2.24) is 0 Å². The maximum absolute atomic E-state index is 12.1. The Labute approximate surface area is 159 Å². The van der Waals surface area contributed by atoms with Gasteiger partial charge in [-0.05, 0) is 43.4 Å². The molecule has 1 unspecified atom stereocenters. The van der Waals surface area contributed by atoms with Crippen LogP contribution in [-0.4, -0.2) is 47.2 Å². The zero-order valence-electron chi connectivity index (χ0n) is 16.4. The van der Waals surface area contributed by atoms with E-state index in [0.717, 1.165) is 0 Å². The van der Waals surface area contributed by atoms with Gasteiger partial charge in [0.25, 0.3) is 0 Å². The van der Waals surface area contributed by atoms with Gasteiger partial charge in [-0.25, -0.2) is 4.79 Å². The Bertz CT molecular complexity index is 654. The summed E-state index contributed by atoms with van der Waals surface area (Å²) in [5, 5.41) is 18.8. The lowest BCUT2D eigenvalue weighted by atomic mass is 9.99. The number of rotatable bonds is 7. The molecule has 0 saturated carbocycles. The number of phenols is 2. The molecule has 152 valence electrons. The molecular formula is C19H29NO7. The van der Waals surface area contributed by atoms with Crippen molar-refractivity contribution in [3.8, 4) is 11.5 Å². The maximum atomic E-state index is 12.1. The highest BCUT2D eigenvalue weighted by atomic mass is 16.7. The first-order valence-electron chi connectivity index (χ1n) is 8.69. The Balaban J connectivity index is 2.49. The summed E-state index contributed by atoms with van der Waals surface area (Å²) in [4.78, 5) is 23.8. The third-order valence-electron chi connectivity index (χ3n) is 3.67. The van der Waals surface area contributed by atoms with E-state index < -0.39 is 30.4 Å². The molecule has 27 heavy (non-hydrogen) atoms. The fourth-order valence-corrected chi connectivity index (χ4v) is 1.96. The summed E-state index contributed by atoms with van der Waals surface area (Å²) >= 11 is 0. The lowest BCUT2D eigenvalue weighted by Gasteiger charge is -2.23. The highest BCUT2D eigenvalue weighted by Crippen LogP contribution is 2.25. The predicted octanol–water partition coefficient (Wildman–Crippen LogP) is 2.49. The summed E-state index contributed by atoms with van der Waals surface area (Å²) in [6.07, 6.45) is -2.16. The highest BCUT2D eigenvalue weighted by Gasteiger charge is 2.25. The van der Waals surface area contributed by atoms with E-state index in [1.165, 1.54) is 12.1 Å². The number of hydrogen-bond donors (Lipinski definition) is 3. The first kappa shape index (κ1) is 22.6. The average Bonchev–Trinajstić information content (AvgIpc) is 2.55. The standard InChI is InChI=1S/C19H29NO7/c1-11(12(2)27-18(24)25-10-19(3,4)5)26-17(23)14(20)8-13-6-7-15(21)16(22)9-13/h6-7,9,11-12,14,21-22H,8,10,20H2,1-5H3/t11-,12?,14+/m1/s1. The van der Waals surface area contributed by atoms with Crippen LogP contribution in [0.15, 0.2) is 18.2 Å². The zero-order chi connectivity index (χ0) is 20.8. The van der Waals surface area contributed by atoms with Gasteiger partial charge in [-0.3, -0.25) is 4.79 Å². The first-order valence-corrected chi connectivity index (χ1v) is 8.69. The first-order chi connectivity index (χ1) is 12.4. The molecule has 0 bridgehead atoms. The van der Waals surface area contributed by atoms with Crippen LogP contribution in [0.2, 0.25) is 0 Å². The van der Waals surface area contributed by atoms with Gasteiger partial charge in [0, 0.05) is 0 Å². The van der Waals surface area contributed by atoms with Crippen LogP contribution in [0, 0.1) is 5.41 Å². The maximum Gasteiger partial charge on any atom is 0.508 e. The van der Waals surface area contributed by atoms with Gasteiger partial charge in [0.15, 0.2) is 11.5 Å². The van der Waals surface area contributed by atoms with Gasteiger partial charge in [0.2, 0.25) is 0 Å². The molecule has 0 heterocycles. The molecule has 0 aliphatic rings. The van der Waals surface area contributed by atoms with Crippen molar-refractivity contribution in [1.29, 1.82) is 0 Å². The van der Waals surface area contributed by atoms with E-state index in [9.17, 15) is 19.8 Å². The van der Waals surface area contributed by atoms with Gasteiger partial charge in [0.1, 0.15) is 18.2 Å². The number of carbonyl (C=O) groups is 2. The third-order valence-corrected chi connectivity index (χ3v) is 3.67. The van der Waals surface area contributed by atoms with E-state index in [1.807, 2.05) is 20.8 Å². The number of carbonyl (C=O) groups excluding carboxylic acids is 2. The fraction of sp³-hybridized carbons (Fsp3) is 0.579. The average molecular weight is 383 g/mol. The second-order valence-corrected chi connectivity index (χ2v) is 7.70. The Kier molecular flexibility index (Phi) is 7.90. The molecule has 0 amide bonds. The molecule has 3 atom stereocenters. The molecule has 0 fully saturated rings. The van der Waals surface area contributed by atoms with E-state index in [2.05, 4.69) is 0 Å². The van der Waals surface area contributed by atoms with Crippen molar-refractivity contribution < 1.29 is 34.0 Å². The molecule has 0 aromatic heterocycles. The number of ether oxygens (including phenoxy) is 3. The molecule has 0 saturated heterocycles. The molecule has 8 nitrogen and oxygen atoms in total. The summed E-state index contributed by atoms with van der Waals surface area (Å²) in [7, 11) is 0. The van der Waals surface area contributed by atoms with Gasteiger partial charge in [-0.2, -0.15) is 0 Å². The van der Waals surface area contributed by atoms with Crippen LogP contribution in [-0.2, 0) is 25.4 Å². The molecular weight excluding hydrogens is 354 g/mol. The van der Waals surface area contributed by atoms with Gasteiger partial charge in [-0.15, -0.1) is 0 Å². The van der Waals surface area contributed by atoms with Crippen molar-refractivity contribution in [2.45, 2.75) is 59.3 Å². The summed E-state index contributed by atoms with van der Waals surface area (Å²) in [6, 6.07) is 3.20. The normalized spacial score (nSPS) is 14.7. The van der Waals surface area contributed by atoms with Crippen LogP contribution in [0.25, 0.3) is 0 Å². The number of aromatic hydroxyl groups is 2. The van der Waals surface area contributed by atoms with E-state index in [-0.39, 0.29) is 29.9 Å². The minimum absolute atomic E-state index is 0.113. The van der Waals surface area contributed by atoms with Crippen LogP contribution < -0.4 is 5.73 Å². The van der Waals surface area contributed by atoms with E-state index in [1.54, 1.807) is 19.9 Å². The highest BCUT2D eigenvalue weighted by molar-refractivity contribution is 5.76. The molecule has 1 rings (SSSR count). The summed E-state index contributed by atoms with van der Waals surface area (Å²) < 4.78 is 15.3. The van der Waals surface area contributed by atoms with Crippen LogP contribution >= 0.6 is 0 Å². The van der Waals surface area contributed by atoms with Crippen LogP contribution in [0.5, 0.6) is 11.5 Å². The largest absolute Gasteiger partial charge is 0.508 e. The lowest BCUT2D eigenvalue weighted by molar-refractivity contribution is -0.155. The molecule has 0 spiro atoms. The van der Waals surface area contributed by atoms with Crippen LogP contribution in [0.3, 0.4) is 0 Å². The van der Waals surface area contributed by atoms with E-state index >= 15 is 0 Å². The lowest BCUT2D eigenvalue weighted by Crippen LogP contribution is -2.39. The Morgan fingerprint density at radius 2 is 1.67 bits per heavy atom. The van der Waals surface area contributed by atoms with Crippen LogP contribution in [0.1, 0.15) is 40.2 Å². The fourth-order valence-electron chi connectivity index (χ4n) is 1.96. The topological polar surface area (TPSA) is 128 Å². The molecule has 8 heteroatoms. The van der Waals surface area contributed by atoms with E-state index in [0.29, 0.717) is 5.56 Å². The SMILES string of the molecule is CC(OC(=O)OCC(C)(C)C)[C@@H](C)OC(=O)[C@@H](N)Cc1ccc(O)c(O)c1. The van der Waals surface area contributed by atoms with Gasteiger partial charge < -0.3 is 30.2 Å². The van der Waals surface area contributed by atoms with Crippen molar-refractivity contribution in [3.05, 3.63) is 23.8 Å². The molecule has 0 aliphatic heterocycles. The quantitative estimate of drug-likeness (QED) is 0.484. The smallest absolute Gasteiger partial charge is 0.504 e. The molecule has 1 aromatic rings. The zero-order valence-corrected chi connectivity index (χ0v) is 16.4. The Morgan fingerprint density at radius 3 is 2.22 bits per heavy atom. The Morgan fingerprint density at radius 1 is 1.07 bits per heavy atom. The molecule has 1 aromatic carbocycles. The van der Waals surface area contributed by atoms with Gasteiger partial charge in [-0.1, -0.05) is 26.8 Å². The second kappa shape index (κ2) is 9.45. The number of nitrogens with two attached hydrogens (primary N) is 1. The Hall–Kier alpha value is -2.48. The summed E-state index contributed by atoms with van der Waals surface area (Å²) in [5.74, 6) is -1.22. The van der Waals surface area contributed by atoms with Crippen molar-refractivity contribution >= 4 is 12.1 Å². The summed E-state index contributed by atoms with van der Waals surface area (Å²) in [5.41, 5.74) is 6.21. The van der Waals surface area contributed by atoms with Crippen LogP contribution in [0.4, 0.5) is 4.79 Å². The number of esters is 1. The number of benzene rings is 1. The van der Waals surface area contributed by atoms with Gasteiger partial charge >= 0.3 is 12.1 Å². The van der Waals surface area contributed by atoms with E-state index in [4.69, 9.17) is 19.9 Å². The van der Waals surface area contributed by atoms with Crippen molar-refractivity contribution in [3.63, 3.8) is 0 Å². The van der Waals surface area contributed by atoms with Gasteiger partial charge in [0.05, 0.1) is 6.61 Å². The monoisotopic (exact) mass is 383 g/mol. The predicted molar refractivity (Wildman–Crippen MR) is 98.4 cm³/mol. The summed E-state index contributed by atoms with van der Waals surface area (Å²) in [6.45, 7) is 9.13. The minimum atomic E-state index is -0.976. The molecule has 0 radical (unpaired) electrons. The minimum Gasteiger partial charge on any atom is -0.504 e. The second-order valence-electron chi connectivity index (χ2n) is 7.70. The molecule has 4 N–H and O–H groups in total. The molecule has 0 aliphatic carbocycles. The number of phenolic OH excluding ortho intramolecular Hbond substituents is 2. The third kappa shape index (κ3) is 8.17. The number of hydrogen-bond acceptors (Lipinski definition) is 8. The van der Waals surface area contributed by atoms with Crippen molar-refractivity contribution in [2.75, 3.05) is 6.61 Å².